The number of imidazole rings is 1. The standard InChI is InChI=1S/C10H18N4O/c1-7(2)13-9(10(11)15)6-14-5-4-12-8(14)3/h4-5,7,9,13H,6H2,1-3H3,(H2,11,15). The van der Waals surface area contributed by atoms with Crippen LogP contribution < -0.4 is 11.1 Å². The Bertz CT molecular complexity index is 332. The van der Waals surface area contributed by atoms with Crippen LogP contribution in [-0.4, -0.2) is 27.5 Å². The number of aromatic nitrogens is 2. The van der Waals surface area contributed by atoms with Crippen LogP contribution in [0.1, 0.15) is 19.7 Å². The van der Waals surface area contributed by atoms with Crippen molar-refractivity contribution in [3.05, 3.63) is 18.2 Å². The number of carbonyl (C=O) groups excluding carboxylic acids is 1. The molecule has 0 bridgehead atoms. The lowest BCUT2D eigenvalue weighted by Gasteiger charge is -2.19. The molecule has 0 aliphatic heterocycles. The molecule has 1 unspecified atom stereocenters. The van der Waals surface area contributed by atoms with E-state index in [0.717, 1.165) is 5.82 Å². The molecule has 0 aromatic carbocycles. The predicted octanol–water partition coefficient (Wildman–Crippen LogP) is 0.0434. The van der Waals surface area contributed by atoms with E-state index < -0.39 is 0 Å². The summed E-state index contributed by atoms with van der Waals surface area (Å²) in [5.74, 6) is 0.545. The number of amides is 1. The van der Waals surface area contributed by atoms with Gasteiger partial charge in [0, 0.05) is 25.0 Å². The highest BCUT2D eigenvalue weighted by Crippen LogP contribution is 1.99. The third kappa shape index (κ3) is 3.36. The quantitative estimate of drug-likeness (QED) is 0.721. The van der Waals surface area contributed by atoms with Crippen LogP contribution in [0.3, 0.4) is 0 Å². The molecule has 1 heterocycles. The molecule has 0 fully saturated rings. The number of hydrogen-bond acceptors (Lipinski definition) is 3. The number of hydrogen-bond donors (Lipinski definition) is 2. The number of aryl methyl sites for hydroxylation is 1. The Labute approximate surface area is 89.7 Å². The largest absolute Gasteiger partial charge is 0.368 e. The summed E-state index contributed by atoms with van der Waals surface area (Å²) in [6.07, 6.45) is 3.55. The highest BCUT2D eigenvalue weighted by Gasteiger charge is 2.16. The van der Waals surface area contributed by atoms with Crippen molar-refractivity contribution in [1.82, 2.24) is 14.9 Å². The minimum atomic E-state index is -0.349. The van der Waals surface area contributed by atoms with Crippen molar-refractivity contribution in [3.8, 4) is 0 Å². The van der Waals surface area contributed by atoms with E-state index in [9.17, 15) is 4.79 Å². The highest BCUT2D eigenvalue weighted by molar-refractivity contribution is 5.79. The van der Waals surface area contributed by atoms with E-state index in [1.165, 1.54) is 0 Å². The number of nitrogens with zero attached hydrogens (tertiary/aromatic N) is 2. The van der Waals surface area contributed by atoms with Gasteiger partial charge in [-0.3, -0.25) is 4.79 Å². The zero-order valence-electron chi connectivity index (χ0n) is 9.40. The Morgan fingerprint density at radius 3 is 2.73 bits per heavy atom. The molecule has 84 valence electrons. The molecule has 0 saturated carbocycles. The summed E-state index contributed by atoms with van der Waals surface area (Å²) >= 11 is 0. The van der Waals surface area contributed by atoms with Crippen molar-refractivity contribution in [2.45, 2.75) is 39.4 Å². The monoisotopic (exact) mass is 210 g/mol. The Balaban J connectivity index is 2.67. The maximum atomic E-state index is 11.2. The number of rotatable bonds is 5. The molecule has 1 aromatic rings. The van der Waals surface area contributed by atoms with E-state index in [1.54, 1.807) is 6.20 Å². The minimum Gasteiger partial charge on any atom is -0.368 e. The van der Waals surface area contributed by atoms with E-state index in [-0.39, 0.29) is 18.0 Å². The van der Waals surface area contributed by atoms with Crippen molar-refractivity contribution in [2.24, 2.45) is 5.73 Å². The summed E-state index contributed by atoms with van der Waals surface area (Å²) in [7, 11) is 0. The van der Waals surface area contributed by atoms with Gasteiger partial charge in [0.25, 0.3) is 0 Å². The van der Waals surface area contributed by atoms with Gasteiger partial charge < -0.3 is 15.6 Å². The molecule has 5 heteroatoms. The molecule has 15 heavy (non-hydrogen) atoms. The Morgan fingerprint density at radius 2 is 2.33 bits per heavy atom. The van der Waals surface area contributed by atoms with Crippen LogP contribution in [0.2, 0.25) is 0 Å². The van der Waals surface area contributed by atoms with Crippen LogP contribution in [0.25, 0.3) is 0 Å². The van der Waals surface area contributed by atoms with Crippen LogP contribution in [0.4, 0.5) is 0 Å². The van der Waals surface area contributed by atoms with Crippen molar-refractivity contribution in [3.63, 3.8) is 0 Å². The average molecular weight is 210 g/mol. The summed E-state index contributed by atoms with van der Waals surface area (Å²) in [5, 5.41) is 3.12. The number of carbonyl (C=O) groups is 1. The molecule has 0 aliphatic carbocycles. The minimum absolute atomic E-state index is 0.228. The predicted molar refractivity (Wildman–Crippen MR) is 58.2 cm³/mol. The zero-order chi connectivity index (χ0) is 11.4. The molecule has 1 atom stereocenters. The van der Waals surface area contributed by atoms with Gasteiger partial charge >= 0.3 is 0 Å². The highest BCUT2D eigenvalue weighted by atomic mass is 16.1. The van der Waals surface area contributed by atoms with Gasteiger partial charge in [-0.25, -0.2) is 4.98 Å². The van der Waals surface area contributed by atoms with Gasteiger partial charge in [-0.1, -0.05) is 13.8 Å². The Morgan fingerprint density at radius 1 is 1.67 bits per heavy atom. The third-order valence-corrected chi connectivity index (χ3v) is 2.18. The normalized spacial score (nSPS) is 13.1. The Kier molecular flexibility index (Phi) is 3.85. The summed E-state index contributed by atoms with van der Waals surface area (Å²) in [5.41, 5.74) is 5.32. The SMILES string of the molecule is Cc1nccn1CC(NC(C)C)C(N)=O. The van der Waals surface area contributed by atoms with Crippen molar-refractivity contribution in [2.75, 3.05) is 0 Å². The second-order valence-electron chi connectivity index (χ2n) is 3.90. The summed E-state index contributed by atoms with van der Waals surface area (Å²) in [4.78, 5) is 15.3. The van der Waals surface area contributed by atoms with Gasteiger partial charge in [-0.05, 0) is 6.92 Å². The number of nitrogens with two attached hydrogens (primary N) is 1. The zero-order valence-corrected chi connectivity index (χ0v) is 9.40. The fraction of sp³-hybridized carbons (Fsp3) is 0.600. The molecule has 0 spiro atoms. The first-order valence-corrected chi connectivity index (χ1v) is 5.03. The molecule has 1 rings (SSSR count). The van der Waals surface area contributed by atoms with Gasteiger partial charge in [0.1, 0.15) is 11.9 Å². The lowest BCUT2D eigenvalue weighted by Crippen LogP contribution is -2.47. The molecule has 1 aromatic heterocycles. The lowest BCUT2D eigenvalue weighted by molar-refractivity contribution is -0.120. The van der Waals surface area contributed by atoms with Crippen molar-refractivity contribution >= 4 is 5.91 Å². The first kappa shape index (κ1) is 11.7. The van der Waals surface area contributed by atoms with E-state index in [4.69, 9.17) is 5.73 Å². The average Bonchev–Trinajstić information content (AvgIpc) is 2.50. The number of nitrogens with one attached hydrogen (secondary N) is 1. The summed E-state index contributed by atoms with van der Waals surface area (Å²) in [6, 6.07) is -0.121. The second-order valence-corrected chi connectivity index (χ2v) is 3.90. The maximum Gasteiger partial charge on any atom is 0.236 e. The molecule has 5 nitrogen and oxygen atoms in total. The molecule has 0 radical (unpaired) electrons. The molecule has 0 aliphatic rings. The van der Waals surface area contributed by atoms with Crippen LogP contribution in [0.15, 0.2) is 12.4 Å². The van der Waals surface area contributed by atoms with Gasteiger partial charge in [0.15, 0.2) is 0 Å². The van der Waals surface area contributed by atoms with Gasteiger partial charge in [0.05, 0.1) is 0 Å². The van der Waals surface area contributed by atoms with Crippen molar-refractivity contribution < 1.29 is 4.79 Å². The van der Waals surface area contributed by atoms with Gasteiger partial charge in [-0.2, -0.15) is 0 Å². The van der Waals surface area contributed by atoms with E-state index in [1.807, 2.05) is 31.5 Å². The van der Waals surface area contributed by atoms with Gasteiger partial charge in [-0.15, -0.1) is 0 Å². The first-order chi connectivity index (χ1) is 7.00. The third-order valence-electron chi connectivity index (χ3n) is 2.18. The topological polar surface area (TPSA) is 72.9 Å². The van der Waals surface area contributed by atoms with Crippen LogP contribution in [0, 0.1) is 6.92 Å². The molecular formula is C10H18N4O. The maximum absolute atomic E-state index is 11.2. The number of primary amides is 1. The van der Waals surface area contributed by atoms with Crippen LogP contribution in [0.5, 0.6) is 0 Å². The first-order valence-electron chi connectivity index (χ1n) is 5.03. The molecule has 0 saturated heterocycles. The van der Waals surface area contributed by atoms with Crippen LogP contribution in [-0.2, 0) is 11.3 Å². The second kappa shape index (κ2) is 4.93. The van der Waals surface area contributed by atoms with Crippen LogP contribution >= 0.6 is 0 Å². The lowest BCUT2D eigenvalue weighted by atomic mass is 10.2. The van der Waals surface area contributed by atoms with Gasteiger partial charge in [0.2, 0.25) is 5.91 Å². The van der Waals surface area contributed by atoms with E-state index in [2.05, 4.69) is 10.3 Å². The molecule has 3 N–H and O–H groups in total. The fourth-order valence-electron chi connectivity index (χ4n) is 1.42. The fourth-order valence-corrected chi connectivity index (χ4v) is 1.42. The summed E-state index contributed by atoms with van der Waals surface area (Å²) < 4.78 is 1.91. The molecular weight excluding hydrogens is 192 g/mol. The van der Waals surface area contributed by atoms with E-state index in [0.29, 0.717) is 6.54 Å². The summed E-state index contributed by atoms with van der Waals surface area (Å²) in [6.45, 7) is 6.39. The smallest absolute Gasteiger partial charge is 0.236 e. The van der Waals surface area contributed by atoms with Crippen molar-refractivity contribution in [1.29, 1.82) is 0 Å². The molecule has 1 amide bonds. The van der Waals surface area contributed by atoms with E-state index >= 15 is 0 Å². The Hall–Kier alpha value is -1.36.